The molecule has 0 bridgehead atoms. The zero-order valence-electron chi connectivity index (χ0n) is 14.5. The number of fused-ring (bicyclic) bond motifs is 1. The molecule has 0 unspecified atom stereocenters. The second-order valence-corrected chi connectivity index (χ2v) is 7.50. The van der Waals surface area contributed by atoms with Gasteiger partial charge in [-0.15, -0.1) is 12.4 Å². The third-order valence-corrected chi connectivity index (χ3v) is 5.44. The molecule has 4 rings (SSSR count). The van der Waals surface area contributed by atoms with Gasteiger partial charge in [0.2, 0.25) is 0 Å². The van der Waals surface area contributed by atoms with Crippen molar-refractivity contribution in [2.45, 2.75) is 12.5 Å². The van der Waals surface area contributed by atoms with Crippen molar-refractivity contribution < 1.29 is 9.59 Å². The minimum atomic E-state index is -0.393. The van der Waals surface area contributed by atoms with Gasteiger partial charge in [0.05, 0.1) is 12.2 Å². The standard InChI is InChI=1S/C19H17Cl2N3O2.ClH/c1-23-9-14(13-6-11(20)7-16(21)15(13)10-23)12-4-2-3-5-17(12)24-18(25)8-22-19(24)26;/h2-7,14H,8-10H2,1H3,(H,22,26);1H/t14-;/m0./s1. The van der Waals surface area contributed by atoms with Crippen molar-refractivity contribution >= 4 is 53.2 Å². The highest BCUT2D eigenvalue weighted by Crippen LogP contribution is 2.41. The van der Waals surface area contributed by atoms with Gasteiger partial charge in [-0.05, 0) is 41.9 Å². The highest BCUT2D eigenvalue weighted by molar-refractivity contribution is 6.35. The molecule has 2 heterocycles. The minimum absolute atomic E-state index is 0. The van der Waals surface area contributed by atoms with Gasteiger partial charge in [-0.1, -0.05) is 41.4 Å². The van der Waals surface area contributed by atoms with Crippen LogP contribution in [0.25, 0.3) is 0 Å². The van der Waals surface area contributed by atoms with Crippen molar-refractivity contribution in [1.29, 1.82) is 0 Å². The van der Waals surface area contributed by atoms with Crippen LogP contribution in [0.15, 0.2) is 36.4 Å². The molecule has 0 spiro atoms. The number of nitrogens with one attached hydrogen (secondary N) is 1. The van der Waals surface area contributed by atoms with E-state index in [4.69, 9.17) is 23.2 Å². The molecule has 2 aromatic rings. The molecule has 27 heavy (non-hydrogen) atoms. The molecule has 142 valence electrons. The van der Waals surface area contributed by atoms with Crippen LogP contribution < -0.4 is 10.2 Å². The Bertz CT molecular complexity index is 903. The molecule has 2 aliphatic heterocycles. The van der Waals surface area contributed by atoms with Gasteiger partial charge < -0.3 is 10.2 Å². The van der Waals surface area contributed by atoms with Gasteiger partial charge in [0.15, 0.2) is 0 Å². The molecule has 1 atom stereocenters. The van der Waals surface area contributed by atoms with E-state index in [9.17, 15) is 9.59 Å². The molecule has 1 N–H and O–H groups in total. The first kappa shape index (κ1) is 20.0. The normalized spacial score (nSPS) is 19.5. The Kier molecular flexibility index (Phi) is 5.68. The number of para-hydroxylation sites is 1. The summed E-state index contributed by atoms with van der Waals surface area (Å²) in [7, 11) is 2.03. The number of carbonyl (C=O) groups is 2. The first-order valence-corrected chi connectivity index (χ1v) is 9.07. The largest absolute Gasteiger partial charge is 0.329 e. The van der Waals surface area contributed by atoms with Crippen molar-refractivity contribution in [2.75, 3.05) is 25.0 Å². The second-order valence-electron chi connectivity index (χ2n) is 6.65. The van der Waals surface area contributed by atoms with Crippen LogP contribution in [0.1, 0.15) is 22.6 Å². The van der Waals surface area contributed by atoms with Gasteiger partial charge in [0.1, 0.15) is 0 Å². The van der Waals surface area contributed by atoms with E-state index in [-0.39, 0.29) is 30.8 Å². The number of hydrogen-bond donors (Lipinski definition) is 1. The number of benzene rings is 2. The molecule has 1 saturated heterocycles. The van der Waals surface area contributed by atoms with Crippen LogP contribution in [0.2, 0.25) is 10.0 Å². The van der Waals surface area contributed by atoms with Crippen LogP contribution in [0.5, 0.6) is 0 Å². The number of rotatable bonds is 2. The zero-order chi connectivity index (χ0) is 18.4. The predicted molar refractivity (Wildman–Crippen MR) is 109 cm³/mol. The fourth-order valence-electron chi connectivity index (χ4n) is 3.76. The number of likely N-dealkylation sites (N-methyl/N-ethyl adjacent to an activating group) is 1. The zero-order valence-corrected chi connectivity index (χ0v) is 16.9. The summed E-state index contributed by atoms with van der Waals surface area (Å²) in [5.41, 5.74) is 3.58. The Balaban J connectivity index is 0.00000210. The molecule has 0 radical (unpaired) electrons. The van der Waals surface area contributed by atoms with Gasteiger partial charge >= 0.3 is 6.03 Å². The lowest BCUT2D eigenvalue weighted by Crippen LogP contribution is -2.35. The van der Waals surface area contributed by atoms with Crippen LogP contribution >= 0.6 is 35.6 Å². The van der Waals surface area contributed by atoms with E-state index < -0.39 is 6.03 Å². The van der Waals surface area contributed by atoms with E-state index in [1.54, 1.807) is 12.1 Å². The lowest BCUT2D eigenvalue weighted by Gasteiger charge is -2.34. The summed E-state index contributed by atoms with van der Waals surface area (Å²) in [5.74, 6) is -0.298. The summed E-state index contributed by atoms with van der Waals surface area (Å²) in [6, 6.07) is 10.8. The molecule has 0 aliphatic carbocycles. The van der Waals surface area contributed by atoms with Crippen molar-refractivity contribution in [1.82, 2.24) is 10.2 Å². The summed E-state index contributed by atoms with van der Waals surface area (Å²) in [6.45, 7) is 1.49. The number of anilines is 1. The molecule has 5 nitrogen and oxygen atoms in total. The molecular weight excluding hydrogens is 409 g/mol. The number of imide groups is 1. The topological polar surface area (TPSA) is 52.6 Å². The van der Waals surface area contributed by atoms with E-state index in [1.807, 2.05) is 31.3 Å². The smallest absolute Gasteiger partial charge is 0.328 e. The third kappa shape index (κ3) is 3.52. The number of urea groups is 1. The highest BCUT2D eigenvalue weighted by atomic mass is 35.5. The molecule has 1 fully saturated rings. The van der Waals surface area contributed by atoms with Crippen molar-refractivity contribution in [2.24, 2.45) is 0 Å². The lowest BCUT2D eigenvalue weighted by atomic mass is 9.83. The second kappa shape index (κ2) is 7.68. The maximum Gasteiger partial charge on any atom is 0.329 e. The highest BCUT2D eigenvalue weighted by Gasteiger charge is 2.35. The van der Waals surface area contributed by atoms with Gasteiger partial charge in [0.25, 0.3) is 5.91 Å². The van der Waals surface area contributed by atoms with Gasteiger partial charge in [-0.25, -0.2) is 9.69 Å². The minimum Gasteiger partial charge on any atom is -0.328 e. The van der Waals surface area contributed by atoms with E-state index in [1.165, 1.54) is 4.90 Å². The average molecular weight is 427 g/mol. The van der Waals surface area contributed by atoms with Gasteiger partial charge in [-0.2, -0.15) is 0 Å². The Morgan fingerprint density at radius 1 is 1.11 bits per heavy atom. The fourth-order valence-corrected chi connectivity index (χ4v) is 4.33. The molecule has 0 aromatic heterocycles. The predicted octanol–water partition coefficient (Wildman–Crippen LogP) is 4.05. The van der Waals surface area contributed by atoms with E-state index in [0.29, 0.717) is 15.7 Å². The van der Waals surface area contributed by atoms with Crippen LogP contribution in [0.4, 0.5) is 10.5 Å². The number of halogens is 3. The number of carbonyl (C=O) groups excluding carboxylic acids is 2. The summed E-state index contributed by atoms with van der Waals surface area (Å²) in [6.07, 6.45) is 0. The Morgan fingerprint density at radius 3 is 2.56 bits per heavy atom. The first-order chi connectivity index (χ1) is 12.5. The maximum atomic E-state index is 12.2. The van der Waals surface area contributed by atoms with Gasteiger partial charge in [0, 0.05) is 29.1 Å². The monoisotopic (exact) mass is 425 g/mol. The Morgan fingerprint density at radius 2 is 1.85 bits per heavy atom. The van der Waals surface area contributed by atoms with E-state index >= 15 is 0 Å². The summed E-state index contributed by atoms with van der Waals surface area (Å²) >= 11 is 12.7. The Hall–Kier alpha value is -1.79. The fraction of sp³-hybridized carbons (Fsp3) is 0.263. The molecular formula is C19H18Cl3N3O2. The summed E-state index contributed by atoms with van der Waals surface area (Å²) < 4.78 is 0. The molecule has 3 amide bonds. The summed E-state index contributed by atoms with van der Waals surface area (Å²) in [4.78, 5) is 27.8. The number of nitrogens with zero attached hydrogens (tertiary/aromatic N) is 2. The van der Waals surface area contributed by atoms with Crippen LogP contribution in [0, 0.1) is 0 Å². The van der Waals surface area contributed by atoms with Crippen LogP contribution in [0.3, 0.4) is 0 Å². The molecule has 0 saturated carbocycles. The lowest BCUT2D eigenvalue weighted by molar-refractivity contribution is -0.115. The SMILES string of the molecule is CN1Cc2c(Cl)cc(Cl)cc2[C@H](c2ccccc2N2C(=O)CNC2=O)C1.Cl. The first-order valence-electron chi connectivity index (χ1n) is 8.32. The molecule has 8 heteroatoms. The van der Waals surface area contributed by atoms with Crippen molar-refractivity contribution in [3.63, 3.8) is 0 Å². The summed E-state index contributed by atoms with van der Waals surface area (Å²) in [5, 5.41) is 3.79. The third-order valence-electron chi connectivity index (χ3n) is 4.89. The number of amides is 3. The molecule has 2 aliphatic rings. The maximum absolute atomic E-state index is 12.2. The van der Waals surface area contributed by atoms with Gasteiger partial charge in [-0.3, -0.25) is 4.79 Å². The van der Waals surface area contributed by atoms with Crippen molar-refractivity contribution in [3.05, 3.63) is 63.1 Å². The van der Waals surface area contributed by atoms with Crippen LogP contribution in [-0.2, 0) is 11.3 Å². The van der Waals surface area contributed by atoms with E-state index in [2.05, 4.69) is 10.2 Å². The van der Waals surface area contributed by atoms with Crippen molar-refractivity contribution in [3.8, 4) is 0 Å². The number of hydrogen-bond acceptors (Lipinski definition) is 3. The average Bonchev–Trinajstić information content (AvgIpc) is 2.93. The quantitative estimate of drug-likeness (QED) is 0.737. The van der Waals surface area contributed by atoms with E-state index in [0.717, 1.165) is 29.8 Å². The van der Waals surface area contributed by atoms with Crippen LogP contribution in [-0.4, -0.2) is 37.0 Å². The molecule has 2 aromatic carbocycles. The Labute approximate surface area is 173 Å².